The third-order valence-electron chi connectivity index (χ3n) is 2.85. The van der Waals surface area contributed by atoms with E-state index in [-0.39, 0.29) is 0 Å². The summed E-state index contributed by atoms with van der Waals surface area (Å²) in [5, 5.41) is 3.85. The van der Waals surface area contributed by atoms with Crippen LogP contribution in [0.1, 0.15) is 25.1 Å². The highest BCUT2D eigenvalue weighted by atomic mass is 79.9. The first-order valence-electron chi connectivity index (χ1n) is 6.64. The van der Waals surface area contributed by atoms with Gasteiger partial charge in [0, 0.05) is 34.5 Å². The zero-order chi connectivity index (χ0) is 15.4. The average Bonchev–Trinajstić information content (AvgIpc) is 2.41. The van der Waals surface area contributed by atoms with Crippen LogP contribution in [0.3, 0.4) is 0 Å². The molecule has 0 saturated carbocycles. The van der Waals surface area contributed by atoms with E-state index in [2.05, 4.69) is 45.1 Å². The summed E-state index contributed by atoms with van der Waals surface area (Å²) in [5.41, 5.74) is 1.94. The number of halogens is 2. The number of hydrogen-bond acceptors (Lipinski definition) is 4. The van der Waals surface area contributed by atoms with E-state index in [4.69, 9.17) is 16.3 Å². The van der Waals surface area contributed by atoms with Crippen LogP contribution < -0.4 is 10.1 Å². The Bertz CT molecular complexity index is 634. The van der Waals surface area contributed by atoms with Crippen molar-refractivity contribution in [1.82, 2.24) is 15.3 Å². The van der Waals surface area contributed by atoms with Crippen molar-refractivity contribution in [2.24, 2.45) is 0 Å². The molecule has 0 bridgehead atoms. The Kier molecular flexibility index (Phi) is 5.56. The minimum Gasteiger partial charge on any atom is -0.423 e. The third-order valence-corrected chi connectivity index (χ3v) is 3.64. The van der Waals surface area contributed by atoms with Crippen LogP contribution in [0.2, 0.25) is 5.02 Å². The Labute approximate surface area is 138 Å². The van der Waals surface area contributed by atoms with E-state index in [0.717, 1.165) is 22.3 Å². The lowest BCUT2D eigenvalue weighted by Gasteiger charge is -2.11. The predicted octanol–water partition coefficient (Wildman–Crippen LogP) is 4.49. The van der Waals surface area contributed by atoms with Gasteiger partial charge in [0.05, 0.1) is 5.02 Å². The van der Waals surface area contributed by atoms with E-state index in [9.17, 15) is 0 Å². The van der Waals surface area contributed by atoms with Gasteiger partial charge >= 0.3 is 6.01 Å². The van der Waals surface area contributed by atoms with E-state index < -0.39 is 0 Å². The molecule has 1 heterocycles. The molecule has 112 valence electrons. The second kappa shape index (κ2) is 7.20. The lowest BCUT2D eigenvalue weighted by molar-refractivity contribution is 0.439. The molecular formula is C15H17BrClN3O. The van der Waals surface area contributed by atoms with Crippen LogP contribution in [0.5, 0.6) is 11.8 Å². The Morgan fingerprint density at radius 2 is 2.14 bits per heavy atom. The molecule has 2 aromatic rings. The van der Waals surface area contributed by atoms with Crippen molar-refractivity contribution in [3.63, 3.8) is 0 Å². The standard InChI is InChI=1S/C15H17BrClN3O/c1-9(2)18-7-11-8-19-15(20-10(11)3)21-14-5-4-12(16)6-13(14)17/h4-6,8-9,18H,7H2,1-3H3. The van der Waals surface area contributed by atoms with Crippen LogP contribution in [0.25, 0.3) is 0 Å². The highest BCUT2D eigenvalue weighted by Gasteiger charge is 2.08. The van der Waals surface area contributed by atoms with Crippen LogP contribution in [-0.4, -0.2) is 16.0 Å². The Balaban J connectivity index is 2.12. The van der Waals surface area contributed by atoms with Gasteiger partial charge in [-0.05, 0) is 25.1 Å². The average molecular weight is 371 g/mol. The lowest BCUT2D eigenvalue weighted by Crippen LogP contribution is -2.22. The summed E-state index contributed by atoms with van der Waals surface area (Å²) >= 11 is 9.47. The highest BCUT2D eigenvalue weighted by molar-refractivity contribution is 9.10. The molecule has 4 nitrogen and oxygen atoms in total. The molecule has 21 heavy (non-hydrogen) atoms. The number of rotatable bonds is 5. The Hall–Kier alpha value is -1.17. The smallest absolute Gasteiger partial charge is 0.322 e. The minimum absolute atomic E-state index is 0.296. The fraction of sp³-hybridized carbons (Fsp3) is 0.333. The molecule has 1 N–H and O–H groups in total. The van der Waals surface area contributed by atoms with Crippen molar-refractivity contribution in [3.8, 4) is 11.8 Å². The first-order chi connectivity index (χ1) is 9.95. The van der Waals surface area contributed by atoms with Gasteiger partial charge in [-0.2, -0.15) is 4.98 Å². The van der Waals surface area contributed by atoms with Crippen LogP contribution in [0.4, 0.5) is 0 Å². The summed E-state index contributed by atoms with van der Waals surface area (Å²) in [6.07, 6.45) is 1.78. The second-order valence-corrected chi connectivity index (χ2v) is 6.30. The van der Waals surface area contributed by atoms with Gasteiger partial charge in [-0.25, -0.2) is 4.98 Å². The first kappa shape index (κ1) is 16.2. The van der Waals surface area contributed by atoms with Crippen molar-refractivity contribution in [2.45, 2.75) is 33.4 Å². The van der Waals surface area contributed by atoms with Gasteiger partial charge in [0.2, 0.25) is 0 Å². The fourth-order valence-electron chi connectivity index (χ4n) is 1.66. The van der Waals surface area contributed by atoms with Crippen LogP contribution in [0.15, 0.2) is 28.9 Å². The van der Waals surface area contributed by atoms with Crippen LogP contribution in [-0.2, 0) is 6.54 Å². The molecule has 0 aliphatic carbocycles. The number of ether oxygens (including phenoxy) is 1. The van der Waals surface area contributed by atoms with Gasteiger partial charge in [-0.1, -0.05) is 41.4 Å². The summed E-state index contributed by atoms with van der Waals surface area (Å²) in [6.45, 7) is 6.88. The first-order valence-corrected chi connectivity index (χ1v) is 7.81. The summed E-state index contributed by atoms with van der Waals surface area (Å²) < 4.78 is 6.53. The SMILES string of the molecule is Cc1nc(Oc2ccc(Br)cc2Cl)ncc1CNC(C)C. The van der Waals surface area contributed by atoms with E-state index in [1.807, 2.05) is 13.0 Å². The molecule has 0 atom stereocenters. The number of nitrogens with zero attached hydrogens (tertiary/aromatic N) is 2. The van der Waals surface area contributed by atoms with Gasteiger partial charge < -0.3 is 10.1 Å². The molecule has 0 amide bonds. The van der Waals surface area contributed by atoms with E-state index in [1.54, 1.807) is 18.3 Å². The topological polar surface area (TPSA) is 47.0 Å². The number of nitrogens with one attached hydrogen (secondary N) is 1. The number of hydrogen-bond donors (Lipinski definition) is 1. The third kappa shape index (κ3) is 4.66. The van der Waals surface area contributed by atoms with Crippen molar-refractivity contribution < 1.29 is 4.74 Å². The highest BCUT2D eigenvalue weighted by Crippen LogP contribution is 2.30. The Morgan fingerprint density at radius 1 is 1.38 bits per heavy atom. The molecule has 0 spiro atoms. The maximum absolute atomic E-state index is 6.11. The van der Waals surface area contributed by atoms with E-state index >= 15 is 0 Å². The van der Waals surface area contributed by atoms with Crippen molar-refractivity contribution >= 4 is 27.5 Å². The fourth-order valence-corrected chi connectivity index (χ4v) is 2.38. The maximum Gasteiger partial charge on any atom is 0.322 e. The second-order valence-electron chi connectivity index (χ2n) is 4.98. The van der Waals surface area contributed by atoms with Gasteiger partial charge in [0.1, 0.15) is 5.75 Å². The molecule has 6 heteroatoms. The van der Waals surface area contributed by atoms with Crippen LogP contribution >= 0.6 is 27.5 Å². The molecule has 1 aromatic carbocycles. The van der Waals surface area contributed by atoms with Gasteiger partial charge in [-0.15, -0.1) is 0 Å². The normalized spacial score (nSPS) is 11.0. The zero-order valence-corrected chi connectivity index (χ0v) is 14.5. The number of benzene rings is 1. The van der Waals surface area contributed by atoms with Crippen LogP contribution in [0, 0.1) is 6.92 Å². The molecule has 2 rings (SSSR count). The molecule has 0 aliphatic heterocycles. The zero-order valence-electron chi connectivity index (χ0n) is 12.2. The molecule has 1 aromatic heterocycles. The van der Waals surface area contributed by atoms with Crippen molar-refractivity contribution in [2.75, 3.05) is 0 Å². The molecule has 0 fully saturated rings. The monoisotopic (exact) mass is 369 g/mol. The largest absolute Gasteiger partial charge is 0.423 e. The maximum atomic E-state index is 6.11. The molecule has 0 unspecified atom stereocenters. The number of aryl methyl sites for hydroxylation is 1. The van der Waals surface area contributed by atoms with E-state index in [0.29, 0.717) is 22.8 Å². The Morgan fingerprint density at radius 3 is 2.76 bits per heavy atom. The summed E-state index contributed by atoms with van der Waals surface area (Å²) in [6, 6.07) is 6.12. The summed E-state index contributed by atoms with van der Waals surface area (Å²) in [5.74, 6) is 0.535. The predicted molar refractivity (Wildman–Crippen MR) is 88.0 cm³/mol. The van der Waals surface area contributed by atoms with Crippen molar-refractivity contribution in [1.29, 1.82) is 0 Å². The summed E-state index contributed by atoms with van der Waals surface area (Å²) in [4.78, 5) is 8.60. The quantitative estimate of drug-likeness (QED) is 0.842. The molecule has 0 saturated heterocycles. The summed E-state index contributed by atoms with van der Waals surface area (Å²) in [7, 11) is 0. The molecule has 0 aliphatic rings. The lowest BCUT2D eigenvalue weighted by atomic mass is 10.2. The molecular weight excluding hydrogens is 354 g/mol. The van der Waals surface area contributed by atoms with Gasteiger partial charge in [0.15, 0.2) is 0 Å². The number of aromatic nitrogens is 2. The van der Waals surface area contributed by atoms with Crippen molar-refractivity contribution in [3.05, 3.63) is 45.1 Å². The van der Waals surface area contributed by atoms with Gasteiger partial charge in [0.25, 0.3) is 0 Å². The minimum atomic E-state index is 0.296. The van der Waals surface area contributed by atoms with Gasteiger partial charge in [-0.3, -0.25) is 0 Å². The molecule has 0 radical (unpaired) electrons. The van der Waals surface area contributed by atoms with E-state index in [1.165, 1.54) is 0 Å².